The minimum absolute atomic E-state index is 0.273. The molecule has 1 aromatic rings. The van der Waals surface area contributed by atoms with Crippen molar-refractivity contribution in [1.82, 2.24) is 5.32 Å². The van der Waals surface area contributed by atoms with Crippen LogP contribution >= 0.6 is 0 Å². The van der Waals surface area contributed by atoms with Crippen molar-refractivity contribution in [2.45, 2.75) is 38.6 Å². The molecule has 1 aliphatic rings. The Morgan fingerprint density at radius 3 is 2.85 bits per heavy atom. The van der Waals surface area contributed by atoms with E-state index < -0.39 is 5.54 Å². The fraction of sp³-hybridized carbons (Fsp3) is 0.562. The summed E-state index contributed by atoms with van der Waals surface area (Å²) in [5.41, 5.74) is -0.00398. The second-order valence-electron chi connectivity index (χ2n) is 5.68. The zero-order chi connectivity index (χ0) is 14.6. The van der Waals surface area contributed by atoms with Crippen LogP contribution < -0.4 is 5.32 Å². The third-order valence-corrected chi connectivity index (χ3v) is 3.65. The Morgan fingerprint density at radius 2 is 2.25 bits per heavy atom. The standard InChI is InChI=1S/C16H22FNO2/c1-3-20-15(19)16(2,18-11-12-7-8-12)10-13-5-4-6-14(17)9-13/h4-6,9,12,18H,3,7-8,10-11H2,1-2H3. The number of hydrogen-bond donors (Lipinski definition) is 1. The molecule has 20 heavy (non-hydrogen) atoms. The summed E-state index contributed by atoms with van der Waals surface area (Å²) >= 11 is 0. The molecular weight excluding hydrogens is 257 g/mol. The zero-order valence-corrected chi connectivity index (χ0v) is 12.1. The summed E-state index contributed by atoms with van der Waals surface area (Å²) in [5.74, 6) is 0.108. The van der Waals surface area contributed by atoms with Gasteiger partial charge in [-0.3, -0.25) is 4.79 Å². The molecule has 4 heteroatoms. The molecule has 1 unspecified atom stereocenters. The van der Waals surface area contributed by atoms with Gasteiger partial charge in [-0.05, 0) is 56.8 Å². The van der Waals surface area contributed by atoms with E-state index in [-0.39, 0.29) is 11.8 Å². The van der Waals surface area contributed by atoms with Gasteiger partial charge in [0.1, 0.15) is 11.4 Å². The van der Waals surface area contributed by atoms with Crippen LogP contribution in [0, 0.1) is 11.7 Å². The van der Waals surface area contributed by atoms with Crippen molar-refractivity contribution >= 4 is 5.97 Å². The van der Waals surface area contributed by atoms with Crippen LogP contribution in [0.3, 0.4) is 0 Å². The summed E-state index contributed by atoms with van der Waals surface area (Å²) in [6, 6.07) is 6.37. The van der Waals surface area contributed by atoms with Gasteiger partial charge in [0.25, 0.3) is 0 Å². The summed E-state index contributed by atoms with van der Waals surface area (Å²) in [6.45, 7) is 4.78. The number of hydrogen-bond acceptors (Lipinski definition) is 3. The van der Waals surface area contributed by atoms with Crippen LogP contribution in [0.5, 0.6) is 0 Å². The van der Waals surface area contributed by atoms with E-state index in [2.05, 4.69) is 5.32 Å². The predicted octanol–water partition coefficient (Wildman–Crippen LogP) is 2.69. The number of nitrogens with one attached hydrogen (secondary N) is 1. The van der Waals surface area contributed by atoms with E-state index in [9.17, 15) is 9.18 Å². The lowest BCUT2D eigenvalue weighted by Gasteiger charge is -2.29. The molecule has 1 N–H and O–H groups in total. The van der Waals surface area contributed by atoms with Gasteiger partial charge in [-0.15, -0.1) is 0 Å². The Morgan fingerprint density at radius 1 is 1.50 bits per heavy atom. The van der Waals surface area contributed by atoms with Gasteiger partial charge in [0.2, 0.25) is 0 Å². The van der Waals surface area contributed by atoms with Crippen LogP contribution in [0.4, 0.5) is 4.39 Å². The van der Waals surface area contributed by atoms with E-state index >= 15 is 0 Å². The van der Waals surface area contributed by atoms with Gasteiger partial charge in [-0.2, -0.15) is 0 Å². The molecule has 0 bridgehead atoms. The maximum Gasteiger partial charge on any atom is 0.326 e. The maximum absolute atomic E-state index is 13.3. The molecule has 0 heterocycles. The van der Waals surface area contributed by atoms with Crippen LogP contribution in [0.2, 0.25) is 0 Å². The first-order chi connectivity index (χ1) is 9.53. The van der Waals surface area contributed by atoms with Crippen molar-refractivity contribution in [3.63, 3.8) is 0 Å². The van der Waals surface area contributed by atoms with E-state index in [0.29, 0.717) is 18.9 Å². The molecule has 0 aromatic heterocycles. The number of rotatable bonds is 7. The highest BCUT2D eigenvalue weighted by Crippen LogP contribution is 2.29. The molecule has 0 saturated heterocycles. The van der Waals surface area contributed by atoms with Gasteiger partial charge in [0.15, 0.2) is 0 Å². The predicted molar refractivity (Wildman–Crippen MR) is 75.9 cm³/mol. The molecule has 0 aliphatic heterocycles. The Kier molecular flexibility index (Phi) is 4.76. The van der Waals surface area contributed by atoms with Crippen LogP contribution in [0.1, 0.15) is 32.3 Å². The highest BCUT2D eigenvalue weighted by molar-refractivity contribution is 5.80. The quantitative estimate of drug-likeness (QED) is 0.780. The van der Waals surface area contributed by atoms with Gasteiger partial charge in [0, 0.05) is 6.42 Å². The van der Waals surface area contributed by atoms with Crippen molar-refractivity contribution in [3.05, 3.63) is 35.6 Å². The normalized spacial score (nSPS) is 17.6. The molecule has 0 spiro atoms. The van der Waals surface area contributed by atoms with E-state index in [1.807, 2.05) is 13.0 Å². The molecule has 0 amide bonds. The van der Waals surface area contributed by atoms with E-state index in [1.165, 1.54) is 25.0 Å². The van der Waals surface area contributed by atoms with Gasteiger partial charge >= 0.3 is 5.97 Å². The number of ether oxygens (including phenoxy) is 1. The molecule has 1 atom stereocenters. The van der Waals surface area contributed by atoms with E-state index in [1.54, 1.807) is 13.0 Å². The smallest absolute Gasteiger partial charge is 0.326 e. The number of carbonyl (C=O) groups excluding carboxylic acids is 1. The fourth-order valence-corrected chi connectivity index (χ4v) is 2.24. The van der Waals surface area contributed by atoms with Crippen LogP contribution in [0.15, 0.2) is 24.3 Å². The number of esters is 1. The fourth-order valence-electron chi connectivity index (χ4n) is 2.24. The molecule has 1 fully saturated rings. The van der Waals surface area contributed by atoms with Gasteiger partial charge in [-0.1, -0.05) is 12.1 Å². The average molecular weight is 279 g/mol. The first-order valence-corrected chi connectivity index (χ1v) is 7.20. The highest BCUT2D eigenvalue weighted by Gasteiger charge is 2.36. The lowest BCUT2D eigenvalue weighted by Crippen LogP contribution is -2.52. The summed E-state index contributed by atoms with van der Waals surface area (Å²) in [4.78, 5) is 12.2. The lowest BCUT2D eigenvalue weighted by molar-refractivity contribution is -0.150. The van der Waals surface area contributed by atoms with Crippen molar-refractivity contribution in [1.29, 1.82) is 0 Å². The largest absolute Gasteiger partial charge is 0.465 e. The van der Waals surface area contributed by atoms with Crippen LogP contribution in [-0.2, 0) is 16.0 Å². The van der Waals surface area contributed by atoms with Gasteiger partial charge in [-0.25, -0.2) is 4.39 Å². The second kappa shape index (κ2) is 6.35. The monoisotopic (exact) mass is 279 g/mol. The summed E-state index contributed by atoms with van der Waals surface area (Å²) in [6.07, 6.45) is 2.86. The minimum Gasteiger partial charge on any atom is -0.465 e. The van der Waals surface area contributed by atoms with Crippen molar-refractivity contribution in [3.8, 4) is 0 Å². The molecule has 1 aromatic carbocycles. The van der Waals surface area contributed by atoms with Gasteiger partial charge in [0.05, 0.1) is 6.61 Å². The topological polar surface area (TPSA) is 38.3 Å². The molecule has 3 nitrogen and oxygen atoms in total. The van der Waals surface area contributed by atoms with E-state index in [0.717, 1.165) is 12.1 Å². The summed E-state index contributed by atoms with van der Waals surface area (Å²) in [7, 11) is 0. The maximum atomic E-state index is 13.3. The molecular formula is C16H22FNO2. The minimum atomic E-state index is -0.799. The molecule has 1 aliphatic carbocycles. The van der Waals surface area contributed by atoms with Crippen LogP contribution in [0.25, 0.3) is 0 Å². The first kappa shape index (κ1) is 15.0. The zero-order valence-electron chi connectivity index (χ0n) is 12.1. The number of carbonyl (C=O) groups is 1. The highest BCUT2D eigenvalue weighted by atomic mass is 19.1. The first-order valence-electron chi connectivity index (χ1n) is 7.20. The van der Waals surface area contributed by atoms with Crippen LogP contribution in [-0.4, -0.2) is 24.7 Å². The Balaban J connectivity index is 2.09. The number of halogens is 1. The molecule has 2 rings (SSSR count). The lowest BCUT2D eigenvalue weighted by atomic mass is 9.92. The summed E-state index contributed by atoms with van der Waals surface area (Å²) < 4.78 is 18.4. The summed E-state index contributed by atoms with van der Waals surface area (Å²) in [5, 5.41) is 3.31. The molecule has 1 saturated carbocycles. The Hall–Kier alpha value is -1.42. The van der Waals surface area contributed by atoms with Crippen molar-refractivity contribution < 1.29 is 13.9 Å². The number of benzene rings is 1. The Bertz CT molecular complexity index is 473. The third-order valence-electron chi connectivity index (χ3n) is 3.65. The SMILES string of the molecule is CCOC(=O)C(C)(Cc1cccc(F)c1)NCC1CC1. The van der Waals surface area contributed by atoms with Crippen molar-refractivity contribution in [2.75, 3.05) is 13.2 Å². The Labute approximate surface area is 119 Å². The molecule has 0 radical (unpaired) electrons. The molecule has 110 valence electrons. The third kappa shape index (κ3) is 4.04. The van der Waals surface area contributed by atoms with E-state index in [4.69, 9.17) is 4.74 Å². The average Bonchev–Trinajstić information content (AvgIpc) is 3.21. The second-order valence-corrected chi connectivity index (χ2v) is 5.68. The van der Waals surface area contributed by atoms with Crippen molar-refractivity contribution in [2.24, 2.45) is 5.92 Å². The van der Waals surface area contributed by atoms with Gasteiger partial charge < -0.3 is 10.1 Å².